The van der Waals surface area contributed by atoms with Gasteiger partial charge in [-0.1, -0.05) is 0 Å². The summed E-state index contributed by atoms with van der Waals surface area (Å²) >= 11 is 0. The van der Waals surface area contributed by atoms with E-state index < -0.39 is 0 Å². The van der Waals surface area contributed by atoms with Gasteiger partial charge in [0.1, 0.15) is 0 Å². The van der Waals surface area contributed by atoms with Crippen LogP contribution in [0, 0.1) is 5.41 Å². The van der Waals surface area contributed by atoms with E-state index in [1.165, 1.54) is 0 Å². The van der Waals surface area contributed by atoms with E-state index in [-0.39, 0.29) is 12.0 Å². The Morgan fingerprint density at radius 1 is 1.42 bits per heavy atom. The summed E-state index contributed by atoms with van der Waals surface area (Å²) in [6.07, 6.45) is 0. The zero-order valence-corrected chi connectivity index (χ0v) is 7.26. The minimum atomic E-state index is -0.153. The fraction of sp³-hybridized carbons (Fsp3) is 0.667. The van der Waals surface area contributed by atoms with Gasteiger partial charge in [0.25, 0.3) is 0 Å². The first-order valence-corrected chi connectivity index (χ1v) is 3.64. The van der Waals surface area contributed by atoms with Crippen molar-refractivity contribution in [1.82, 2.24) is 5.43 Å². The summed E-state index contributed by atoms with van der Waals surface area (Å²) in [5.41, 5.74) is 7.51. The quantitative estimate of drug-likeness (QED) is 0.314. The molecule has 0 radical (unpaired) electrons. The molecule has 0 aliphatic rings. The van der Waals surface area contributed by atoms with Gasteiger partial charge in [0.15, 0.2) is 0 Å². The van der Waals surface area contributed by atoms with Crippen LogP contribution < -0.4 is 11.2 Å². The normalized spacial score (nSPS) is 10.7. The molecule has 0 bridgehead atoms. The summed E-state index contributed by atoms with van der Waals surface area (Å²) in [4.78, 5) is 0. The summed E-state index contributed by atoms with van der Waals surface area (Å²) in [5.74, 6) is 0. The van der Waals surface area contributed by atoms with Gasteiger partial charge in [-0.05, 0) is 13.8 Å². The first-order valence-electron chi connectivity index (χ1n) is 3.64. The Kier molecular flexibility index (Phi) is 5.50. The molecule has 0 aromatic rings. The molecule has 0 spiro atoms. The van der Waals surface area contributed by atoms with Gasteiger partial charge in [0, 0.05) is 0 Å². The van der Waals surface area contributed by atoms with Crippen LogP contribution in [0.2, 0.25) is 0 Å². The van der Waals surface area contributed by atoms with Crippen LogP contribution in [0.15, 0.2) is 5.10 Å². The van der Waals surface area contributed by atoms with E-state index in [2.05, 4.69) is 10.5 Å². The van der Waals surface area contributed by atoms with Crippen LogP contribution in [-0.4, -0.2) is 25.3 Å². The summed E-state index contributed by atoms with van der Waals surface area (Å²) in [6.45, 7) is 4.41. The van der Waals surface area contributed by atoms with Crippen LogP contribution in [0.25, 0.3) is 0 Å². The maximum absolute atomic E-state index is 7.06. The van der Waals surface area contributed by atoms with E-state index >= 15 is 0 Å². The van der Waals surface area contributed by atoms with Gasteiger partial charge < -0.3 is 15.2 Å². The van der Waals surface area contributed by atoms with E-state index in [1.807, 2.05) is 0 Å². The number of nitrogens with zero attached hydrogens (tertiary/aromatic N) is 1. The van der Waals surface area contributed by atoms with Crippen molar-refractivity contribution in [3.8, 4) is 0 Å². The van der Waals surface area contributed by atoms with E-state index in [0.29, 0.717) is 13.2 Å². The number of hydrogen-bond donors (Lipinski definition) is 3. The van der Waals surface area contributed by atoms with Crippen molar-refractivity contribution in [2.45, 2.75) is 13.8 Å². The molecule has 0 unspecified atom stereocenters. The van der Waals surface area contributed by atoms with Gasteiger partial charge in [-0.3, -0.25) is 5.41 Å². The molecular formula is C6H14N4O2. The Balaban J connectivity index is 3.63. The predicted molar refractivity (Wildman–Crippen MR) is 45.7 cm³/mol. The largest absolute Gasteiger partial charge is 0.465 e. The van der Waals surface area contributed by atoms with E-state index in [4.69, 9.17) is 20.6 Å². The molecule has 70 valence electrons. The van der Waals surface area contributed by atoms with Crippen LogP contribution in [-0.2, 0) is 9.47 Å². The lowest BCUT2D eigenvalue weighted by Crippen LogP contribution is -2.26. The van der Waals surface area contributed by atoms with E-state index in [0.717, 1.165) is 0 Å². The third-order valence-corrected chi connectivity index (χ3v) is 0.849. The van der Waals surface area contributed by atoms with Gasteiger partial charge in [-0.25, -0.2) is 5.43 Å². The highest BCUT2D eigenvalue weighted by Gasteiger charge is 1.93. The second-order valence-corrected chi connectivity index (χ2v) is 1.76. The third-order valence-electron chi connectivity index (χ3n) is 0.849. The fourth-order valence-corrected chi connectivity index (χ4v) is 0.463. The smallest absolute Gasteiger partial charge is 0.304 e. The molecule has 0 saturated carbocycles. The molecule has 6 nitrogen and oxygen atoms in total. The van der Waals surface area contributed by atoms with Crippen molar-refractivity contribution in [1.29, 1.82) is 5.41 Å². The summed E-state index contributed by atoms with van der Waals surface area (Å²) < 4.78 is 9.51. The monoisotopic (exact) mass is 174 g/mol. The molecule has 0 aromatic heterocycles. The van der Waals surface area contributed by atoms with Crippen molar-refractivity contribution in [2.24, 2.45) is 10.8 Å². The highest BCUT2D eigenvalue weighted by Crippen LogP contribution is 1.75. The van der Waals surface area contributed by atoms with Gasteiger partial charge >= 0.3 is 12.0 Å². The minimum absolute atomic E-state index is 0.0121. The van der Waals surface area contributed by atoms with E-state index in [1.54, 1.807) is 13.8 Å². The number of amidine groups is 2. The third kappa shape index (κ3) is 5.33. The Morgan fingerprint density at radius 2 is 2.00 bits per heavy atom. The number of rotatable bonds is 3. The molecule has 0 aliphatic heterocycles. The lowest BCUT2D eigenvalue weighted by molar-refractivity contribution is 0.300. The van der Waals surface area contributed by atoms with Crippen molar-refractivity contribution in [3.05, 3.63) is 0 Å². The molecule has 0 aromatic carbocycles. The first kappa shape index (κ1) is 10.5. The molecule has 4 N–H and O–H groups in total. The van der Waals surface area contributed by atoms with Gasteiger partial charge in [0.05, 0.1) is 13.2 Å². The second kappa shape index (κ2) is 6.26. The zero-order chi connectivity index (χ0) is 9.40. The van der Waals surface area contributed by atoms with Gasteiger partial charge in [-0.15, -0.1) is 5.10 Å². The fourth-order valence-electron chi connectivity index (χ4n) is 0.463. The minimum Gasteiger partial charge on any atom is -0.465 e. The average molecular weight is 174 g/mol. The maximum atomic E-state index is 7.06. The average Bonchev–Trinajstić information content (AvgIpc) is 2.02. The first-order chi connectivity index (χ1) is 5.70. The SMILES string of the molecule is CCOC(=N)NN=C(N)OCC. The Morgan fingerprint density at radius 3 is 2.50 bits per heavy atom. The van der Waals surface area contributed by atoms with Crippen LogP contribution in [0.3, 0.4) is 0 Å². The Labute approximate surface area is 71.2 Å². The Hall–Kier alpha value is -1.46. The second-order valence-electron chi connectivity index (χ2n) is 1.76. The molecule has 6 heteroatoms. The highest BCUT2D eigenvalue weighted by molar-refractivity contribution is 5.75. The molecule has 0 aliphatic carbocycles. The van der Waals surface area contributed by atoms with Crippen LogP contribution in [0.1, 0.15) is 13.8 Å². The topological polar surface area (TPSA) is 92.7 Å². The molecule has 0 amide bonds. The molecule has 0 heterocycles. The predicted octanol–water partition coefficient (Wildman–Crippen LogP) is -0.187. The number of hydrogen-bond acceptors (Lipinski definition) is 4. The zero-order valence-electron chi connectivity index (χ0n) is 7.26. The molecule has 0 atom stereocenters. The number of ether oxygens (including phenoxy) is 2. The van der Waals surface area contributed by atoms with Crippen molar-refractivity contribution in [3.63, 3.8) is 0 Å². The lowest BCUT2D eigenvalue weighted by atomic mass is 10.9. The van der Waals surface area contributed by atoms with Crippen LogP contribution in [0.4, 0.5) is 0 Å². The van der Waals surface area contributed by atoms with E-state index in [9.17, 15) is 0 Å². The Bertz CT molecular complexity index is 169. The molecule has 12 heavy (non-hydrogen) atoms. The highest BCUT2D eigenvalue weighted by atomic mass is 16.5. The van der Waals surface area contributed by atoms with Gasteiger partial charge in [0.2, 0.25) is 0 Å². The maximum Gasteiger partial charge on any atom is 0.304 e. The standard InChI is InChI=1S/C6H14N4O2/c1-3-11-5(7)9-10-6(8)12-4-2/h3-4H2,1-2H3,(H2,7,9)(H2,8,10). The van der Waals surface area contributed by atoms with Crippen molar-refractivity contribution >= 4 is 12.0 Å². The molecule has 0 fully saturated rings. The van der Waals surface area contributed by atoms with Crippen molar-refractivity contribution < 1.29 is 9.47 Å². The summed E-state index contributed by atoms with van der Waals surface area (Å²) in [5, 5.41) is 10.6. The molecule has 0 saturated heterocycles. The van der Waals surface area contributed by atoms with Crippen molar-refractivity contribution in [2.75, 3.05) is 13.2 Å². The van der Waals surface area contributed by atoms with Gasteiger partial charge in [-0.2, -0.15) is 0 Å². The molecular weight excluding hydrogens is 160 g/mol. The number of hydrazone groups is 1. The lowest BCUT2D eigenvalue weighted by Gasteiger charge is -2.04. The van der Waals surface area contributed by atoms with Crippen LogP contribution in [0.5, 0.6) is 0 Å². The summed E-state index contributed by atoms with van der Waals surface area (Å²) in [6, 6.07) is -0.165. The number of nitrogens with one attached hydrogen (secondary N) is 2. The van der Waals surface area contributed by atoms with Crippen LogP contribution >= 0.6 is 0 Å². The number of nitrogens with two attached hydrogens (primary N) is 1. The summed E-state index contributed by atoms with van der Waals surface area (Å²) in [7, 11) is 0. The molecule has 0 rings (SSSR count).